The second kappa shape index (κ2) is 9.03. The Morgan fingerprint density at radius 1 is 1.03 bits per heavy atom. The molecule has 0 aliphatic carbocycles. The standard InChI is InChI=1S/C26H24N2O3/c1-31-22-9-5-8-21(15-22)19-10-12-20(13-11-19)26-23(16-27)28(24(26)17-29)25(30)14-18-6-3-2-4-7-18/h2-13,15,23-24,26,29H,14,17H2,1H3/t23-,24-,26-/m1/s1. The van der Waals surface area contributed by atoms with Gasteiger partial charge in [0.2, 0.25) is 5.91 Å². The predicted molar refractivity (Wildman–Crippen MR) is 118 cm³/mol. The van der Waals surface area contributed by atoms with E-state index in [4.69, 9.17) is 4.74 Å². The van der Waals surface area contributed by atoms with Gasteiger partial charge in [-0.05, 0) is 34.4 Å². The van der Waals surface area contributed by atoms with Crippen molar-refractivity contribution in [3.05, 3.63) is 90.0 Å². The zero-order valence-electron chi connectivity index (χ0n) is 17.3. The van der Waals surface area contributed by atoms with E-state index in [1.54, 1.807) is 7.11 Å². The van der Waals surface area contributed by atoms with Gasteiger partial charge in [-0.3, -0.25) is 4.79 Å². The molecule has 1 aliphatic rings. The SMILES string of the molecule is COc1cccc(-c2ccc([C@@H]3[C@@H](C#N)N(C(=O)Cc4ccccc4)[C@@H]3CO)cc2)c1. The fourth-order valence-corrected chi connectivity index (χ4v) is 4.31. The molecule has 1 aliphatic heterocycles. The van der Waals surface area contributed by atoms with Crippen LogP contribution in [0, 0.1) is 11.3 Å². The van der Waals surface area contributed by atoms with Crippen molar-refractivity contribution in [1.29, 1.82) is 5.26 Å². The summed E-state index contributed by atoms with van der Waals surface area (Å²) in [7, 11) is 1.64. The van der Waals surface area contributed by atoms with Crippen LogP contribution in [0.5, 0.6) is 5.75 Å². The zero-order chi connectivity index (χ0) is 21.8. The number of ether oxygens (including phenoxy) is 1. The number of carbonyl (C=O) groups is 1. The summed E-state index contributed by atoms with van der Waals surface area (Å²) in [6.45, 7) is -0.180. The van der Waals surface area contributed by atoms with Gasteiger partial charge in [0.15, 0.2) is 0 Å². The molecule has 3 atom stereocenters. The van der Waals surface area contributed by atoms with Gasteiger partial charge in [0.1, 0.15) is 11.8 Å². The summed E-state index contributed by atoms with van der Waals surface area (Å²) in [6, 6.07) is 26.5. The van der Waals surface area contributed by atoms with E-state index in [2.05, 4.69) is 6.07 Å². The molecule has 0 unspecified atom stereocenters. The first-order chi connectivity index (χ1) is 15.2. The van der Waals surface area contributed by atoms with Crippen molar-refractivity contribution in [2.24, 2.45) is 0 Å². The number of amides is 1. The Morgan fingerprint density at radius 3 is 2.42 bits per heavy atom. The molecule has 4 rings (SSSR count). The number of nitriles is 1. The summed E-state index contributed by atoms with van der Waals surface area (Å²) in [6.07, 6.45) is 0.219. The summed E-state index contributed by atoms with van der Waals surface area (Å²) in [4.78, 5) is 14.4. The minimum Gasteiger partial charge on any atom is -0.497 e. The highest BCUT2D eigenvalue weighted by Crippen LogP contribution is 2.41. The van der Waals surface area contributed by atoms with E-state index in [1.807, 2.05) is 78.9 Å². The second-order valence-electron chi connectivity index (χ2n) is 7.67. The highest BCUT2D eigenvalue weighted by Gasteiger charge is 2.51. The first-order valence-electron chi connectivity index (χ1n) is 10.3. The molecule has 1 fully saturated rings. The van der Waals surface area contributed by atoms with Gasteiger partial charge in [-0.25, -0.2) is 0 Å². The molecule has 1 amide bonds. The van der Waals surface area contributed by atoms with Crippen LogP contribution in [0.4, 0.5) is 0 Å². The maximum atomic E-state index is 12.9. The molecule has 5 nitrogen and oxygen atoms in total. The van der Waals surface area contributed by atoms with Crippen LogP contribution in [0.15, 0.2) is 78.9 Å². The number of rotatable bonds is 6. The molecule has 0 bridgehead atoms. The predicted octanol–water partition coefficient (Wildman–Crippen LogP) is 3.78. The Morgan fingerprint density at radius 2 is 1.77 bits per heavy atom. The molecule has 156 valence electrons. The lowest BCUT2D eigenvalue weighted by Gasteiger charge is -2.51. The van der Waals surface area contributed by atoms with Crippen molar-refractivity contribution in [3.63, 3.8) is 0 Å². The van der Waals surface area contributed by atoms with Crippen LogP contribution in [-0.2, 0) is 11.2 Å². The fourth-order valence-electron chi connectivity index (χ4n) is 4.31. The van der Waals surface area contributed by atoms with Gasteiger partial charge in [0.05, 0.1) is 32.2 Å². The topological polar surface area (TPSA) is 73.6 Å². The maximum Gasteiger partial charge on any atom is 0.228 e. The van der Waals surface area contributed by atoms with Crippen LogP contribution in [0.3, 0.4) is 0 Å². The average Bonchev–Trinajstić information content (AvgIpc) is 2.80. The van der Waals surface area contributed by atoms with Gasteiger partial charge in [-0.1, -0.05) is 66.7 Å². The van der Waals surface area contributed by atoms with Crippen LogP contribution < -0.4 is 4.74 Å². The summed E-state index contributed by atoms with van der Waals surface area (Å²) in [5, 5.41) is 19.8. The van der Waals surface area contributed by atoms with Crippen molar-refractivity contribution >= 4 is 5.91 Å². The zero-order valence-corrected chi connectivity index (χ0v) is 17.3. The smallest absolute Gasteiger partial charge is 0.228 e. The summed E-state index contributed by atoms with van der Waals surface area (Å²) >= 11 is 0. The monoisotopic (exact) mass is 412 g/mol. The Bertz CT molecular complexity index is 1090. The van der Waals surface area contributed by atoms with E-state index < -0.39 is 12.1 Å². The first-order valence-corrected chi connectivity index (χ1v) is 10.3. The van der Waals surface area contributed by atoms with Crippen LogP contribution in [-0.4, -0.2) is 41.7 Å². The third-order valence-corrected chi connectivity index (χ3v) is 5.92. The normalized spacial score (nSPS) is 19.9. The van der Waals surface area contributed by atoms with Gasteiger partial charge < -0.3 is 14.7 Å². The lowest BCUT2D eigenvalue weighted by atomic mass is 9.75. The van der Waals surface area contributed by atoms with E-state index in [9.17, 15) is 15.2 Å². The van der Waals surface area contributed by atoms with E-state index >= 15 is 0 Å². The van der Waals surface area contributed by atoms with Crippen molar-refractivity contribution in [2.45, 2.75) is 24.4 Å². The number of benzene rings is 3. The van der Waals surface area contributed by atoms with Gasteiger partial charge in [0, 0.05) is 5.92 Å². The van der Waals surface area contributed by atoms with E-state index in [1.165, 1.54) is 4.90 Å². The molecule has 3 aromatic carbocycles. The van der Waals surface area contributed by atoms with Gasteiger partial charge in [-0.2, -0.15) is 5.26 Å². The van der Waals surface area contributed by atoms with E-state index in [-0.39, 0.29) is 24.9 Å². The molecule has 31 heavy (non-hydrogen) atoms. The highest BCUT2D eigenvalue weighted by atomic mass is 16.5. The third kappa shape index (κ3) is 4.03. The molecule has 0 spiro atoms. The van der Waals surface area contributed by atoms with Crippen LogP contribution in [0.1, 0.15) is 17.0 Å². The lowest BCUT2D eigenvalue weighted by Crippen LogP contribution is -2.65. The number of aliphatic hydroxyl groups is 1. The minimum atomic E-state index is -0.587. The summed E-state index contributed by atoms with van der Waals surface area (Å²) < 4.78 is 5.30. The molecule has 5 heteroatoms. The third-order valence-electron chi connectivity index (χ3n) is 5.92. The van der Waals surface area contributed by atoms with E-state index in [0.29, 0.717) is 0 Å². The van der Waals surface area contributed by atoms with Crippen molar-refractivity contribution in [2.75, 3.05) is 13.7 Å². The highest BCUT2D eigenvalue weighted by molar-refractivity contribution is 5.81. The number of likely N-dealkylation sites (tertiary alicyclic amines) is 1. The molecular formula is C26H24N2O3. The first kappa shape index (κ1) is 20.6. The average molecular weight is 412 g/mol. The second-order valence-corrected chi connectivity index (χ2v) is 7.67. The van der Waals surface area contributed by atoms with Crippen molar-refractivity contribution < 1.29 is 14.6 Å². The fraction of sp³-hybridized carbons (Fsp3) is 0.231. The van der Waals surface area contributed by atoms with Crippen LogP contribution in [0.2, 0.25) is 0 Å². The van der Waals surface area contributed by atoms with Crippen molar-refractivity contribution in [1.82, 2.24) is 4.90 Å². The van der Waals surface area contributed by atoms with Crippen molar-refractivity contribution in [3.8, 4) is 22.9 Å². The minimum absolute atomic E-state index is 0.138. The molecule has 1 saturated heterocycles. The summed E-state index contributed by atoms with van der Waals surface area (Å²) in [5.41, 5.74) is 3.91. The Hall–Kier alpha value is -3.62. The molecule has 1 N–H and O–H groups in total. The quantitative estimate of drug-likeness (QED) is 0.669. The molecule has 0 aromatic heterocycles. The number of hydrogen-bond donors (Lipinski definition) is 1. The number of carbonyl (C=O) groups excluding carboxylic acids is 1. The Kier molecular flexibility index (Phi) is 6.01. The Labute approximate surface area is 182 Å². The molecule has 0 saturated carbocycles. The van der Waals surface area contributed by atoms with Crippen LogP contribution >= 0.6 is 0 Å². The largest absolute Gasteiger partial charge is 0.497 e. The molecule has 3 aromatic rings. The Balaban J connectivity index is 1.53. The number of methoxy groups -OCH3 is 1. The lowest BCUT2D eigenvalue weighted by molar-refractivity contribution is -0.146. The molecular weight excluding hydrogens is 388 g/mol. The van der Waals surface area contributed by atoms with E-state index in [0.717, 1.165) is 28.0 Å². The van der Waals surface area contributed by atoms with Gasteiger partial charge in [-0.15, -0.1) is 0 Å². The van der Waals surface area contributed by atoms with Crippen LogP contribution in [0.25, 0.3) is 11.1 Å². The number of aliphatic hydroxyl groups excluding tert-OH is 1. The maximum absolute atomic E-state index is 12.9. The number of nitrogens with zero attached hydrogens (tertiary/aromatic N) is 2. The summed E-state index contributed by atoms with van der Waals surface area (Å²) in [5.74, 6) is 0.438. The molecule has 0 radical (unpaired) electrons. The molecule has 1 heterocycles. The van der Waals surface area contributed by atoms with Gasteiger partial charge in [0.25, 0.3) is 0 Å². The number of hydrogen-bond acceptors (Lipinski definition) is 4. The van der Waals surface area contributed by atoms with Gasteiger partial charge >= 0.3 is 0 Å².